The summed E-state index contributed by atoms with van der Waals surface area (Å²) in [5, 5.41) is 0. The number of hydrogen-bond donors (Lipinski definition) is 0. The summed E-state index contributed by atoms with van der Waals surface area (Å²) in [5.74, 6) is 0. The molecule has 4 heteroatoms. The van der Waals surface area contributed by atoms with Crippen molar-refractivity contribution < 1.29 is 112 Å². The van der Waals surface area contributed by atoms with E-state index in [2.05, 4.69) is 0 Å². The molecule has 0 aromatic carbocycles. The maximum atomic E-state index is 0. The summed E-state index contributed by atoms with van der Waals surface area (Å²) in [7, 11) is 0. The van der Waals surface area contributed by atoms with E-state index < -0.39 is 0 Å². The Morgan fingerprint density at radius 2 is 0.500 bits per heavy atom. The first-order chi connectivity index (χ1) is 0. The van der Waals surface area contributed by atoms with Crippen molar-refractivity contribution in [2.45, 2.75) is 0 Å². The van der Waals surface area contributed by atoms with Crippen LogP contribution in [0.1, 0.15) is 0 Å². The molecular formula is BEr3. The summed E-state index contributed by atoms with van der Waals surface area (Å²) in [6.07, 6.45) is 0. The normalized spacial score (nSPS) is 0. The van der Waals surface area contributed by atoms with E-state index in [1.54, 1.807) is 0 Å². The summed E-state index contributed by atoms with van der Waals surface area (Å²) in [6, 6.07) is 0. The Hall–Kier alpha value is 3.81. The van der Waals surface area contributed by atoms with Crippen molar-refractivity contribution in [1.29, 1.82) is 0 Å². The molecule has 39 valence electrons. The Morgan fingerprint density at radius 3 is 0.500 bits per heavy atom. The fourth-order valence-corrected chi connectivity index (χ4v) is 0. The van der Waals surface area contributed by atoms with Crippen LogP contribution in [0.2, 0.25) is 0 Å². The summed E-state index contributed by atoms with van der Waals surface area (Å²) < 4.78 is 0. The molecular weight excluding hydrogens is 513 g/mol. The topological polar surface area (TPSA) is 0 Å². The van der Waals surface area contributed by atoms with E-state index in [4.69, 9.17) is 0 Å². The van der Waals surface area contributed by atoms with Crippen LogP contribution in [0.3, 0.4) is 0 Å². The van der Waals surface area contributed by atoms with Gasteiger partial charge in [-0.15, -0.1) is 0 Å². The van der Waals surface area contributed by atoms with Crippen molar-refractivity contribution in [2.75, 3.05) is 0 Å². The van der Waals surface area contributed by atoms with Crippen LogP contribution in [0.15, 0.2) is 0 Å². The van der Waals surface area contributed by atoms with Gasteiger partial charge in [0.25, 0.3) is 0 Å². The zero-order valence-corrected chi connectivity index (χ0v) is 7.00. The van der Waals surface area contributed by atoms with Gasteiger partial charge in [-0.1, -0.05) is 0 Å². The average molecular weight is 513 g/mol. The predicted octanol–water partition coefficient (Wildman–Crippen LogP) is -0.381. The molecule has 0 heterocycles. The second-order valence-electron chi connectivity index (χ2n) is 0. The van der Waals surface area contributed by atoms with Gasteiger partial charge in [0, 0.05) is 120 Å². The first-order valence-corrected chi connectivity index (χ1v) is 0. The van der Waals surface area contributed by atoms with Gasteiger partial charge in [0.05, 0.1) is 0 Å². The SMILES string of the molecule is [B].[Er].[Er].[Er]. The fraction of sp³-hybridized carbons (Fsp3) is 0. The third-order valence-corrected chi connectivity index (χ3v) is 0. The van der Waals surface area contributed by atoms with E-state index in [1.165, 1.54) is 0 Å². The maximum Gasteiger partial charge on any atom is 0 e. The Balaban J connectivity index is 0. The molecule has 0 saturated carbocycles. The maximum absolute atomic E-state index is 0. The van der Waals surface area contributed by atoms with Gasteiger partial charge in [0.2, 0.25) is 0 Å². The molecule has 0 bridgehead atoms. The van der Waals surface area contributed by atoms with Crippen LogP contribution in [-0.2, 0) is 0 Å². The van der Waals surface area contributed by atoms with Gasteiger partial charge in [0.1, 0.15) is 0 Å². The van der Waals surface area contributed by atoms with Gasteiger partial charge in [-0.25, -0.2) is 0 Å². The molecule has 4 heavy (non-hydrogen) atoms. The van der Waals surface area contributed by atoms with Crippen molar-refractivity contribution in [2.24, 2.45) is 0 Å². The zero-order chi connectivity index (χ0) is 0. The summed E-state index contributed by atoms with van der Waals surface area (Å²) in [4.78, 5) is 0. The van der Waals surface area contributed by atoms with E-state index in [9.17, 15) is 0 Å². The largest absolute Gasteiger partial charge is 0 e. The van der Waals surface area contributed by atoms with Crippen molar-refractivity contribution in [3.63, 3.8) is 0 Å². The van der Waals surface area contributed by atoms with E-state index in [1.807, 2.05) is 0 Å². The van der Waals surface area contributed by atoms with E-state index >= 15 is 0 Å². The van der Waals surface area contributed by atoms with Crippen LogP contribution in [0.4, 0.5) is 0 Å². The summed E-state index contributed by atoms with van der Waals surface area (Å²) >= 11 is 0. The van der Waals surface area contributed by atoms with E-state index in [0.717, 1.165) is 0 Å². The average Bonchev–Trinajstić information content (AvgIpc) is 0. The Kier molecular flexibility index (Phi) is 98.8. The molecule has 0 aliphatic rings. The van der Waals surface area contributed by atoms with Crippen molar-refractivity contribution in [1.82, 2.24) is 0 Å². The van der Waals surface area contributed by atoms with Crippen molar-refractivity contribution in [3.05, 3.63) is 0 Å². The van der Waals surface area contributed by atoms with Gasteiger partial charge in [-0.2, -0.15) is 0 Å². The minimum absolute atomic E-state index is 0. The second-order valence-corrected chi connectivity index (χ2v) is 0. The molecule has 0 nitrogen and oxygen atoms in total. The van der Waals surface area contributed by atoms with Gasteiger partial charge < -0.3 is 0 Å². The van der Waals surface area contributed by atoms with Crippen molar-refractivity contribution in [3.8, 4) is 0 Å². The van der Waals surface area contributed by atoms with Gasteiger partial charge in [-0.05, 0) is 0 Å². The quantitative estimate of drug-likeness (QED) is 0.389. The molecule has 0 amide bonds. The molecule has 0 aliphatic heterocycles. The van der Waals surface area contributed by atoms with Gasteiger partial charge in [0.15, 0.2) is 0 Å². The molecule has 3 radical (unpaired) electrons. The van der Waals surface area contributed by atoms with Crippen LogP contribution in [0.25, 0.3) is 0 Å². The Bertz CT molecular complexity index is 3.25. The standard InChI is InChI=1S/B.3Er. The van der Waals surface area contributed by atoms with Crippen LogP contribution < -0.4 is 0 Å². The molecule has 0 rings (SSSR count). The van der Waals surface area contributed by atoms with Crippen LogP contribution in [-0.4, -0.2) is 8.41 Å². The molecule has 0 N–H and O–H groups in total. The Morgan fingerprint density at radius 1 is 0.500 bits per heavy atom. The Labute approximate surface area is 117 Å². The zero-order valence-electron chi connectivity index (χ0n) is 1.44. The molecule has 0 saturated heterocycles. The van der Waals surface area contributed by atoms with Gasteiger partial charge in [-0.3, -0.25) is 0 Å². The van der Waals surface area contributed by atoms with Crippen LogP contribution in [0.5, 0.6) is 0 Å². The first-order valence-electron chi connectivity index (χ1n) is 0. The smallest absolute Gasteiger partial charge is 0 e. The summed E-state index contributed by atoms with van der Waals surface area (Å²) in [6.45, 7) is 0. The molecule has 0 unspecified atom stereocenters. The third-order valence-electron chi connectivity index (χ3n) is 0. The third kappa shape index (κ3) is 9.26. The first kappa shape index (κ1) is 25.0. The molecule has 0 aliphatic carbocycles. The number of rotatable bonds is 0. The minimum Gasteiger partial charge on any atom is 0 e. The monoisotopic (exact) mass is 509 g/mol. The number of hydrogen-bond acceptors (Lipinski definition) is 0. The van der Waals surface area contributed by atoms with Crippen molar-refractivity contribution >= 4 is 8.41 Å². The fourth-order valence-electron chi connectivity index (χ4n) is 0. The molecule has 0 aromatic heterocycles. The molecule has 0 atom stereocenters. The molecule has 0 aromatic rings. The predicted molar refractivity (Wildman–Crippen MR) is 5.75 cm³/mol. The second kappa shape index (κ2) is 15.8. The molecule has 0 spiro atoms. The molecule has 0 fully saturated rings. The minimum atomic E-state index is 0. The summed E-state index contributed by atoms with van der Waals surface area (Å²) in [5.41, 5.74) is 0. The van der Waals surface area contributed by atoms with E-state index in [-0.39, 0.29) is 120 Å². The van der Waals surface area contributed by atoms with Crippen LogP contribution >= 0.6 is 0 Å². The van der Waals surface area contributed by atoms with E-state index in [0.29, 0.717) is 0 Å². The van der Waals surface area contributed by atoms with Gasteiger partial charge >= 0.3 is 0 Å². The van der Waals surface area contributed by atoms with Crippen LogP contribution in [0, 0.1) is 112 Å².